The van der Waals surface area contributed by atoms with E-state index in [0.29, 0.717) is 29.1 Å². The van der Waals surface area contributed by atoms with Gasteiger partial charge >= 0.3 is 0 Å². The first-order chi connectivity index (χ1) is 14.0. The van der Waals surface area contributed by atoms with Crippen molar-refractivity contribution < 1.29 is 4.79 Å². The average Bonchev–Trinajstić information content (AvgIpc) is 2.98. The molecule has 2 aromatic heterocycles. The lowest BCUT2D eigenvalue weighted by Crippen LogP contribution is -2.32. The van der Waals surface area contributed by atoms with Crippen LogP contribution < -0.4 is 11.1 Å². The van der Waals surface area contributed by atoms with E-state index in [2.05, 4.69) is 36.5 Å². The van der Waals surface area contributed by atoms with Crippen LogP contribution >= 0.6 is 0 Å². The maximum Gasteiger partial charge on any atom is 0.257 e. The number of amides is 1. The number of para-hydroxylation sites is 2. The monoisotopic (exact) mass is 387 g/mol. The quantitative estimate of drug-likeness (QED) is 0.541. The molecule has 0 aliphatic rings. The summed E-state index contributed by atoms with van der Waals surface area (Å²) in [5, 5.41) is 3.01. The fraction of sp³-hybridized carbons (Fsp3) is 0.261. The van der Waals surface area contributed by atoms with Gasteiger partial charge in [0.1, 0.15) is 16.9 Å². The zero-order valence-corrected chi connectivity index (χ0v) is 16.9. The fourth-order valence-corrected chi connectivity index (χ4v) is 3.38. The number of fused-ring (bicyclic) bond motifs is 2. The zero-order chi connectivity index (χ0) is 20.5. The highest BCUT2D eigenvalue weighted by Crippen LogP contribution is 2.29. The van der Waals surface area contributed by atoms with Crippen LogP contribution in [0.1, 0.15) is 41.8 Å². The Bertz CT molecular complexity index is 1190. The van der Waals surface area contributed by atoms with E-state index >= 15 is 0 Å². The third-order valence-corrected chi connectivity index (χ3v) is 5.27. The molecule has 0 saturated heterocycles. The number of benzene rings is 2. The molecule has 0 radical (unpaired) electrons. The van der Waals surface area contributed by atoms with E-state index in [0.717, 1.165) is 23.0 Å². The van der Waals surface area contributed by atoms with E-state index < -0.39 is 0 Å². The Hall–Kier alpha value is -3.41. The molecule has 6 nitrogen and oxygen atoms in total. The van der Waals surface area contributed by atoms with Crippen LogP contribution in [-0.2, 0) is 6.54 Å². The second kappa shape index (κ2) is 7.54. The summed E-state index contributed by atoms with van der Waals surface area (Å²) in [5.41, 5.74) is 11.8. The summed E-state index contributed by atoms with van der Waals surface area (Å²) in [4.78, 5) is 22.6. The van der Waals surface area contributed by atoms with Crippen LogP contribution in [0.15, 0.2) is 48.5 Å². The normalized spacial score (nSPS) is 12.4. The van der Waals surface area contributed by atoms with Gasteiger partial charge in [-0.3, -0.25) is 4.79 Å². The van der Waals surface area contributed by atoms with Crippen molar-refractivity contribution >= 4 is 33.9 Å². The van der Waals surface area contributed by atoms with Gasteiger partial charge < -0.3 is 15.6 Å². The predicted octanol–water partition coefficient (Wildman–Crippen LogP) is 4.05. The maximum absolute atomic E-state index is 13.0. The van der Waals surface area contributed by atoms with Gasteiger partial charge in [-0.2, -0.15) is 0 Å². The minimum atomic E-state index is -0.214. The fourth-order valence-electron chi connectivity index (χ4n) is 3.38. The van der Waals surface area contributed by atoms with Crippen LogP contribution in [0.25, 0.3) is 22.2 Å². The molecule has 0 aliphatic heterocycles. The first-order valence-corrected chi connectivity index (χ1v) is 9.88. The standard InChI is InChI=1S/C23H25N5O/c1-4-15(3)25-23(29)19-20-22(27-18-8-6-5-7-17(18)26-20)28(21(19)24)13-16-11-9-14(2)10-12-16/h5-12,15H,4,13,24H2,1-3H3,(H,25,29)/t15-/m0/s1. The van der Waals surface area contributed by atoms with Gasteiger partial charge in [0.05, 0.1) is 17.6 Å². The number of aryl methyl sites for hydroxylation is 1. The molecule has 4 rings (SSSR count). The predicted molar refractivity (Wildman–Crippen MR) is 117 cm³/mol. The van der Waals surface area contributed by atoms with Crippen LogP contribution in [0.3, 0.4) is 0 Å². The highest BCUT2D eigenvalue weighted by Gasteiger charge is 2.24. The number of nitrogens with one attached hydrogen (secondary N) is 1. The zero-order valence-electron chi connectivity index (χ0n) is 16.9. The van der Waals surface area contributed by atoms with Gasteiger partial charge in [0.2, 0.25) is 0 Å². The van der Waals surface area contributed by atoms with E-state index in [1.54, 1.807) is 0 Å². The van der Waals surface area contributed by atoms with Gasteiger partial charge in [-0.15, -0.1) is 0 Å². The molecule has 0 spiro atoms. The van der Waals surface area contributed by atoms with Crippen LogP contribution in [0.5, 0.6) is 0 Å². The smallest absolute Gasteiger partial charge is 0.257 e. The summed E-state index contributed by atoms with van der Waals surface area (Å²) in [6.45, 7) is 6.58. The number of carbonyl (C=O) groups is 1. The molecule has 2 aromatic carbocycles. The van der Waals surface area contributed by atoms with E-state index in [1.807, 2.05) is 42.7 Å². The average molecular weight is 387 g/mol. The Morgan fingerprint density at radius 3 is 2.41 bits per heavy atom. The molecule has 2 heterocycles. The Balaban J connectivity index is 1.91. The Kier molecular flexibility index (Phi) is 4.92. The third-order valence-electron chi connectivity index (χ3n) is 5.27. The van der Waals surface area contributed by atoms with Crippen LogP contribution in [-0.4, -0.2) is 26.5 Å². The molecule has 0 fully saturated rings. The number of nitrogen functional groups attached to an aromatic ring is 1. The number of rotatable bonds is 5. The second-order valence-electron chi connectivity index (χ2n) is 7.50. The van der Waals surface area contributed by atoms with Crippen molar-refractivity contribution in [3.8, 4) is 0 Å². The topological polar surface area (TPSA) is 85.8 Å². The molecule has 1 atom stereocenters. The molecular weight excluding hydrogens is 362 g/mol. The van der Waals surface area contributed by atoms with Crippen molar-refractivity contribution in [3.05, 3.63) is 65.2 Å². The molecule has 148 valence electrons. The summed E-state index contributed by atoms with van der Waals surface area (Å²) < 4.78 is 1.88. The van der Waals surface area contributed by atoms with E-state index in [4.69, 9.17) is 15.7 Å². The van der Waals surface area contributed by atoms with Crippen LogP contribution in [0.4, 0.5) is 5.82 Å². The van der Waals surface area contributed by atoms with Crippen molar-refractivity contribution in [3.63, 3.8) is 0 Å². The molecule has 4 aromatic rings. The van der Waals surface area contributed by atoms with Gasteiger partial charge in [-0.1, -0.05) is 48.9 Å². The number of hydrogen-bond donors (Lipinski definition) is 2. The number of aromatic nitrogens is 3. The lowest BCUT2D eigenvalue weighted by Gasteiger charge is -2.11. The van der Waals surface area contributed by atoms with Crippen molar-refractivity contribution in [2.45, 2.75) is 39.8 Å². The second-order valence-corrected chi connectivity index (χ2v) is 7.50. The van der Waals surface area contributed by atoms with Crippen molar-refractivity contribution in [2.24, 2.45) is 0 Å². The van der Waals surface area contributed by atoms with Gasteiger partial charge in [-0.05, 0) is 38.0 Å². The van der Waals surface area contributed by atoms with Crippen LogP contribution in [0.2, 0.25) is 0 Å². The first kappa shape index (κ1) is 18.9. The van der Waals surface area contributed by atoms with E-state index in [-0.39, 0.29) is 11.9 Å². The lowest BCUT2D eigenvalue weighted by atomic mass is 10.1. The van der Waals surface area contributed by atoms with E-state index in [9.17, 15) is 4.79 Å². The SMILES string of the molecule is CC[C@H](C)NC(=O)c1c(N)n(Cc2ccc(C)cc2)c2nc3ccccc3nc12. The number of carbonyl (C=O) groups excluding carboxylic acids is 1. The minimum absolute atomic E-state index is 0.0471. The molecule has 29 heavy (non-hydrogen) atoms. The molecule has 1 amide bonds. The Morgan fingerprint density at radius 2 is 1.76 bits per heavy atom. The summed E-state index contributed by atoms with van der Waals surface area (Å²) in [6.07, 6.45) is 0.836. The van der Waals surface area contributed by atoms with Crippen molar-refractivity contribution in [1.82, 2.24) is 19.9 Å². The van der Waals surface area contributed by atoms with Crippen molar-refractivity contribution in [1.29, 1.82) is 0 Å². The summed E-state index contributed by atoms with van der Waals surface area (Å²) >= 11 is 0. The molecule has 3 N–H and O–H groups in total. The largest absolute Gasteiger partial charge is 0.384 e. The molecule has 0 saturated carbocycles. The molecule has 6 heteroatoms. The lowest BCUT2D eigenvalue weighted by molar-refractivity contribution is 0.0941. The number of anilines is 1. The van der Waals surface area contributed by atoms with Gasteiger partial charge in [0.15, 0.2) is 5.65 Å². The highest BCUT2D eigenvalue weighted by atomic mass is 16.1. The van der Waals surface area contributed by atoms with E-state index in [1.165, 1.54) is 5.56 Å². The highest BCUT2D eigenvalue weighted by molar-refractivity contribution is 6.10. The van der Waals surface area contributed by atoms with Gasteiger partial charge in [0.25, 0.3) is 5.91 Å². The van der Waals surface area contributed by atoms with Gasteiger partial charge in [0, 0.05) is 6.04 Å². The van der Waals surface area contributed by atoms with Gasteiger partial charge in [-0.25, -0.2) is 9.97 Å². The molecule has 0 bridgehead atoms. The summed E-state index contributed by atoms with van der Waals surface area (Å²) in [6, 6.07) is 16.0. The third kappa shape index (κ3) is 3.53. The first-order valence-electron chi connectivity index (χ1n) is 9.88. The summed E-state index contributed by atoms with van der Waals surface area (Å²) in [5.74, 6) is 0.172. The number of hydrogen-bond acceptors (Lipinski definition) is 4. The maximum atomic E-state index is 13.0. The Labute approximate surface area is 169 Å². The molecular formula is C23H25N5O. The Morgan fingerprint density at radius 1 is 1.10 bits per heavy atom. The number of nitrogens with two attached hydrogens (primary N) is 1. The van der Waals surface area contributed by atoms with Crippen LogP contribution in [0, 0.1) is 6.92 Å². The van der Waals surface area contributed by atoms with Crippen molar-refractivity contribution in [2.75, 3.05) is 5.73 Å². The molecule has 0 unspecified atom stereocenters. The minimum Gasteiger partial charge on any atom is -0.384 e. The molecule has 0 aliphatic carbocycles. The summed E-state index contributed by atoms with van der Waals surface area (Å²) in [7, 11) is 0. The number of nitrogens with zero attached hydrogens (tertiary/aromatic N) is 3.